The molecule has 0 saturated heterocycles. The van der Waals surface area contributed by atoms with E-state index in [9.17, 15) is 9.59 Å². The average molecular weight is 381 g/mol. The molecule has 1 heterocycles. The van der Waals surface area contributed by atoms with Crippen LogP contribution in [0.1, 0.15) is 20.3 Å². The summed E-state index contributed by atoms with van der Waals surface area (Å²) < 4.78 is 10.9. The Bertz CT molecular complexity index is 1040. The van der Waals surface area contributed by atoms with Gasteiger partial charge in [-0.1, -0.05) is 24.3 Å². The molecule has 3 aromatic rings. The lowest BCUT2D eigenvalue weighted by Gasteiger charge is -2.21. The highest BCUT2D eigenvalue weighted by molar-refractivity contribution is 5.80. The van der Waals surface area contributed by atoms with Gasteiger partial charge in [-0.3, -0.25) is 9.59 Å². The average Bonchev–Trinajstić information content (AvgIpc) is 2.68. The summed E-state index contributed by atoms with van der Waals surface area (Å²) in [5.74, 6) is 0.451. The van der Waals surface area contributed by atoms with Gasteiger partial charge < -0.3 is 20.2 Å². The van der Waals surface area contributed by atoms with E-state index in [-0.39, 0.29) is 18.3 Å². The number of nitrogens with zero attached hydrogens (tertiary/aromatic N) is 1. The molecule has 0 radical (unpaired) electrons. The molecule has 2 aromatic carbocycles. The molecule has 0 aliphatic rings. The summed E-state index contributed by atoms with van der Waals surface area (Å²) in [7, 11) is 0. The highest BCUT2D eigenvalue weighted by atomic mass is 16.7. The number of benzene rings is 2. The Morgan fingerprint density at radius 2 is 1.86 bits per heavy atom. The van der Waals surface area contributed by atoms with Gasteiger partial charge in [-0.15, -0.1) is 0 Å². The quantitative estimate of drug-likeness (QED) is 0.481. The van der Waals surface area contributed by atoms with Crippen LogP contribution in [0.3, 0.4) is 0 Å². The Balaban J connectivity index is 1.81. The van der Waals surface area contributed by atoms with E-state index in [1.807, 2.05) is 12.1 Å². The van der Waals surface area contributed by atoms with Crippen molar-refractivity contribution in [2.24, 2.45) is 11.1 Å². The van der Waals surface area contributed by atoms with Crippen molar-refractivity contribution in [3.05, 3.63) is 58.9 Å². The van der Waals surface area contributed by atoms with Crippen molar-refractivity contribution in [2.45, 2.75) is 20.3 Å². The third kappa shape index (κ3) is 4.20. The zero-order valence-corrected chi connectivity index (χ0v) is 15.9. The number of carbonyl (C=O) groups is 1. The fourth-order valence-electron chi connectivity index (χ4n) is 2.81. The molecule has 0 bridgehead atoms. The van der Waals surface area contributed by atoms with Gasteiger partial charge in [0.25, 0.3) is 5.56 Å². The molecule has 0 fully saturated rings. The normalized spacial score (nSPS) is 11.4. The van der Waals surface area contributed by atoms with Crippen LogP contribution in [-0.2, 0) is 9.53 Å². The molecule has 0 saturated carbocycles. The van der Waals surface area contributed by atoms with E-state index in [1.165, 1.54) is 0 Å². The molecule has 0 spiro atoms. The molecular formula is C21H23N3O4. The molecule has 3 N–H and O–H groups in total. The van der Waals surface area contributed by atoms with Crippen LogP contribution in [0.25, 0.3) is 22.3 Å². The molecule has 7 heteroatoms. The monoisotopic (exact) mass is 381 g/mol. The molecule has 0 aliphatic carbocycles. The Hall–Kier alpha value is -3.19. The van der Waals surface area contributed by atoms with E-state index in [2.05, 4.69) is 9.97 Å². The van der Waals surface area contributed by atoms with Crippen molar-refractivity contribution < 1.29 is 14.3 Å². The predicted molar refractivity (Wildman–Crippen MR) is 107 cm³/mol. The van der Waals surface area contributed by atoms with Crippen molar-refractivity contribution in [3.8, 4) is 17.1 Å². The number of rotatable bonds is 7. The van der Waals surface area contributed by atoms with Crippen LogP contribution in [0.15, 0.2) is 53.3 Å². The number of fused-ring (bicyclic) bond motifs is 1. The van der Waals surface area contributed by atoms with Crippen molar-refractivity contribution in [2.75, 3.05) is 13.3 Å². The number of hydrogen-bond donors (Lipinski definition) is 2. The summed E-state index contributed by atoms with van der Waals surface area (Å²) in [6.07, 6.45) is 0.519. The number of nitrogens with two attached hydrogens (primary N) is 1. The maximum atomic E-state index is 12.3. The summed E-state index contributed by atoms with van der Waals surface area (Å²) >= 11 is 0. The maximum absolute atomic E-state index is 12.3. The van der Waals surface area contributed by atoms with Crippen molar-refractivity contribution in [1.29, 1.82) is 0 Å². The van der Waals surface area contributed by atoms with E-state index in [4.69, 9.17) is 15.2 Å². The number of aromatic amines is 1. The lowest BCUT2D eigenvalue weighted by atomic mass is 9.90. The van der Waals surface area contributed by atoms with E-state index < -0.39 is 5.41 Å². The molecule has 3 rings (SSSR count). The van der Waals surface area contributed by atoms with Crippen LogP contribution < -0.4 is 16.0 Å². The number of para-hydroxylation sites is 2. The van der Waals surface area contributed by atoms with Crippen LogP contribution in [0.5, 0.6) is 5.75 Å². The van der Waals surface area contributed by atoms with Gasteiger partial charge >= 0.3 is 5.97 Å². The molecule has 0 atom stereocenters. The third-order valence-corrected chi connectivity index (χ3v) is 4.48. The first-order valence-corrected chi connectivity index (χ1v) is 9.01. The summed E-state index contributed by atoms with van der Waals surface area (Å²) in [5, 5.41) is 0.515. The molecule has 7 nitrogen and oxygen atoms in total. The van der Waals surface area contributed by atoms with Crippen LogP contribution >= 0.6 is 0 Å². The minimum absolute atomic E-state index is 0.231. The summed E-state index contributed by atoms with van der Waals surface area (Å²) in [6, 6.07) is 14.2. The molecule has 1 aromatic heterocycles. The fraction of sp³-hybridized carbons (Fsp3) is 0.286. The predicted octanol–water partition coefficient (Wildman–Crippen LogP) is 2.84. The number of carbonyl (C=O) groups excluding carboxylic acids is 1. The zero-order valence-electron chi connectivity index (χ0n) is 15.9. The van der Waals surface area contributed by atoms with Crippen LogP contribution in [-0.4, -0.2) is 29.3 Å². The number of hydrogen-bond acceptors (Lipinski definition) is 6. The summed E-state index contributed by atoms with van der Waals surface area (Å²) in [5.41, 5.74) is 5.81. The lowest BCUT2D eigenvalue weighted by molar-refractivity contribution is -0.161. The van der Waals surface area contributed by atoms with E-state index in [0.717, 1.165) is 0 Å². The molecular weight excluding hydrogens is 358 g/mol. The molecule has 0 amide bonds. The molecule has 28 heavy (non-hydrogen) atoms. The first-order chi connectivity index (χ1) is 13.4. The number of H-pyrrole nitrogens is 1. The third-order valence-electron chi connectivity index (χ3n) is 4.48. The van der Waals surface area contributed by atoms with Gasteiger partial charge in [0.2, 0.25) is 6.79 Å². The first kappa shape index (κ1) is 19.6. The van der Waals surface area contributed by atoms with Gasteiger partial charge in [-0.2, -0.15) is 0 Å². The number of nitrogens with one attached hydrogen (secondary N) is 1. The van der Waals surface area contributed by atoms with E-state index in [0.29, 0.717) is 41.0 Å². The number of aromatic nitrogens is 2. The second kappa shape index (κ2) is 8.22. The van der Waals surface area contributed by atoms with Crippen molar-refractivity contribution in [1.82, 2.24) is 9.97 Å². The Morgan fingerprint density at radius 1 is 1.14 bits per heavy atom. The second-order valence-electron chi connectivity index (χ2n) is 7.04. The molecule has 0 unspecified atom stereocenters. The molecule has 0 aliphatic heterocycles. The second-order valence-corrected chi connectivity index (χ2v) is 7.04. The van der Waals surface area contributed by atoms with Crippen molar-refractivity contribution in [3.63, 3.8) is 0 Å². The topological polar surface area (TPSA) is 107 Å². The van der Waals surface area contributed by atoms with Crippen LogP contribution in [0.2, 0.25) is 0 Å². The lowest BCUT2D eigenvalue weighted by Crippen LogP contribution is -2.30. The van der Waals surface area contributed by atoms with Gasteiger partial charge in [0.05, 0.1) is 21.9 Å². The van der Waals surface area contributed by atoms with E-state index in [1.54, 1.807) is 50.2 Å². The minimum Gasteiger partial charge on any atom is -0.457 e. The van der Waals surface area contributed by atoms with Crippen molar-refractivity contribution >= 4 is 16.9 Å². The number of esters is 1. The summed E-state index contributed by atoms with van der Waals surface area (Å²) in [4.78, 5) is 31.8. The largest absolute Gasteiger partial charge is 0.457 e. The SMILES string of the molecule is CC(C)(CCN)C(=O)OCOc1ccccc1-c1nc2ccccc2c(=O)[nH]1. The van der Waals surface area contributed by atoms with Gasteiger partial charge in [-0.05, 0) is 51.1 Å². The molecule has 146 valence electrons. The van der Waals surface area contributed by atoms with Gasteiger partial charge in [0, 0.05) is 0 Å². The highest BCUT2D eigenvalue weighted by Gasteiger charge is 2.28. The zero-order chi connectivity index (χ0) is 20.1. The Labute approximate surface area is 162 Å². The standard InChI is InChI=1S/C21H23N3O4/c1-21(2,11-12-22)20(26)28-13-27-17-10-6-4-8-15(17)18-23-16-9-5-3-7-14(16)19(25)24-18/h3-10H,11-13,22H2,1-2H3,(H,23,24,25). The van der Waals surface area contributed by atoms with E-state index >= 15 is 0 Å². The highest BCUT2D eigenvalue weighted by Crippen LogP contribution is 2.28. The van der Waals surface area contributed by atoms with Crippen LogP contribution in [0, 0.1) is 5.41 Å². The summed E-state index contributed by atoms with van der Waals surface area (Å²) in [6.45, 7) is 3.70. The first-order valence-electron chi connectivity index (χ1n) is 9.01. The Kier molecular flexibility index (Phi) is 5.75. The van der Waals surface area contributed by atoms with Crippen LogP contribution in [0.4, 0.5) is 0 Å². The maximum Gasteiger partial charge on any atom is 0.314 e. The fourth-order valence-corrected chi connectivity index (χ4v) is 2.81. The van der Waals surface area contributed by atoms with Gasteiger partial charge in [0.1, 0.15) is 11.6 Å². The van der Waals surface area contributed by atoms with Gasteiger partial charge in [-0.25, -0.2) is 4.98 Å². The van der Waals surface area contributed by atoms with Gasteiger partial charge in [0.15, 0.2) is 0 Å². The smallest absolute Gasteiger partial charge is 0.314 e. The minimum atomic E-state index is -0.678. The number of ether oxygens (including phenoxy) is 2. The Morgan fingerprint density at radius 3 is 2.64 bits per heavy atom.